The molecular formula is C26H31N3O3. The molecule has 0 bridgehead atoms. The number of rotatable bonds is 11. The Morgan fingerprint density at radius 2 is 1.72 bits per heavy atom. The lowest BCUT2D eigenvalue weighted by atomic mass is 10.1. The molecule has 0 spiro atoms. The second-order valence-electron chi connectivity index (χ2n) is 8.14. The predicted octanol–water partition coefficient (Wildman–Crippen LogP) is 3.68. The highest BCUT2D eigenvalue weighted by Crippen LogP contribution is 2.18. The third kappa shape index (κ3) is 6.52. The van der Waals surface area contributed by atoms with Gasteiger partial charge in [0.15, 0.2) is 0 Å². The first kappa shape index (κ1) is 22.2. The first-order valence-corrected chi connectivity index (χ1v) is 11.4. The van der Waals surface area contributed by atoms with Gasteiger partial charge in [0.25, 0.3) is 0 Å². The number of benzene rings is 2. The Balaban J connectivity index is 1.18. The molecule has 6 nitrogen and oxygen atoms in total. The van der Waals surface area contributed by atoms with Crippen LogP contribution in [0.3, 0.4) is 0 Å². The number of hydrogen-bond donors (Lipinski definition) is 1. The van der Waals surface area contributed by atoms with Gasteiger partial charge in [-0.2, -0.15) is 5.10 Å². The average Bonchev–Trinajstić information content (AvgIpc) is 3.31. The van der Waals surface area contributed by atoms with E-state index >= 15 is 0 Å². The molecule has 1 aliphatic rings. The quantitative estimate of drug-likeness (QED) is 0.498. The van der Waals surface area contributed by atoms with E-state index in [2.05, 4.69) is 27.2 Å². The number of aryl methyl sites for hydroxylation is 2. The summed E-state index contributed by atoms with van der Waals surface area (Å²) >= 11 is 0. The number of aliphatic hydroxyl groups is 1. The van der Waals surface area contributed by atoms with E-state index in [1.807, 2.05) is 54.6 Å². The number of nitrogens with zero attached hydrogens (tertiary/aromatic N) is 3. The Labute approximate surface area is 189 Å². The van der Waals surface area contributed by atoms with E-state index in [1.54, 1.807) is 0 Å². The van der Waals surface area contributed by atoms with Crippen molar-refractivity contribution >= 4 is 0 Å². The van der Waals surface area contributed by atoms with Gasteiger partial charge in [-0.25, -0.2) is 0 Å². The molecule has 1 aromatic heterocycles. The predicted molar refractivity (Wildman–Crippen MR) is 124 cm³/mol. The third-order valence-corrected chi connectivity index (χ3v) is 5.88. The molecule has 0 unspecified atom stereocenters. The molecule has 6 heteroatoms. The molecule has 1 fully saturated rings. The van der Waals surface area contributed by atoms with Crippen LogP contribution in [0.25, 0.3) is 0 Å². The minimum absolute atomic E-state index is 0.239. The van der Waals surface area contributed by atoms with Gasteiger partial charge in [0, 0.05) is 18.7 Å². The van der Waals surface area contributed by atoms with Gasteiger partial charge in [0.2, 0.25) is 5.88 Å². The first-order chi connectivity index (χ1) is 15.8. The van der Waals surface area contributed by atoms with Crippen LogP contribution in [0.5, 0.6) is 11.6 Å². The average molecular weight is 434 g/mol. The summed E-state index contributed by atoms with van der Waals surface area (Å²) < 4.78 is 11.6. The van der Waals surface area contributed by atoms with Crippen LogP contribution in [0, 0.1) is 0 Å². The van der Waals surface area contributed by atoms with Crippen LogP contribution in [0.4, 0.5) is 0 Å². The second kappa shape index (κ2) is 11.6. The lowest BCUT2D eigenvalue weighted by Gasteiger charge is -2.22. The molecule has 2 heterocycles. The van der Waals surface area contributed by atoms with Crippen LogP contribution in [-0.2, 0) is 19.4 Å². The maximum atomic E-state index is 9.40. The van der Waals surface area contributed by atoms with Gasteiger partial charge < -0.3 is 14.6 Å². The van der Waals surface area contributed by atoms with E-state index in [9.17, 15) is 5.11 Å². The number of aliphatic hydroxyl groups excluding tert-OH is 1. The Morgan fingerprint density at radius 1 is 0.875 bits per heavy atom. The third-order valence-electron chi connectivity index (χ3n) is 5.88. The molecule has 0 saturated carbocycles. The minimum atomic E-state index is 0.239. The van der Waals surface area contributed by atoms with Crippen molar-refractivity contribution in [2.45, 2.75) is 38.3 Å². The molecule has 1 aliphatic heterocycles. The number of aromatic nitrogens is 2. The van der Waals surface area contributed by atoms with Crippen LogP contribution in [0.1, 0.15) is 29.7 Å². The molecule has 0 amide bonds. The summed E-state index contributed by atoms with van der Waals surface area (Å²) in [6.45, 7) is 3.28. The summed E-state index contributed by atoms with van der Waals surface area (Å²) in [6.07, 6.45) is 3.96. The normalized spacial score (nSPS) is 16.2. The van der Waals surface area contributed by atoms with Crippen molar-refractivity contribution in [3.8, 4) is 11.6 Å². The fourth-order valence-electron chi connectivity index (χ4n) is 3.99. The van der Waals surface area contributed by atoms with Crippen LogP contribution in [-0.4, -0.2) is 52.5 Å². The molecule has 168 valence electrons. The highest BCUT2D eigenvalue weighted by atomic mass is 16.5. The van der Waals surface area contributed by atoms with Crippen LogP contribution < -0.4 is 9.47 Å². The van der Waals surface area contributed by atoms with E-state index < -0.39 is 0 Å². The zero-order valence-corrected chi connectivity index (χ0v) is 18.4. The van der Waals surface area contributed by atoms with Crippen molar-refractivity contribution in [2.75, 3.05) is 26.3 Å². The van der Waals surface area contributed by atoms with Gasteiger partial charge in [-0.15, -0.1) is 5.10 Å². The topological polar surface area (TPSA) is 67.7 Å². The highest BCUT2D eigenvalue weighted by Gasteiger charge is 2.23. The van der Waals surface area contributed by atoms with Gasteiger partial charge in [-0.1, -0.05) is 42.5 Å². The fourth-order valence-corrected chi connectivity index (χ4v) is 3.99. The summed E-state index contributed by atoms with van der Waals surface area (Å²) in [7, 11) is 0. The van der Waals surface area contributed by atoms with Crippen molar-refractivity contribution in [3.63, 3.8) is 0 Å². The summed E-state index contributed by atoms with van der Waals surface area (Å²) in [5.74, 6) is 1.42. The van der Waals surface area contributed by atoms with E-state index in [0.717, 1.165) is 55.8 Å². The highest BCUT2D eigenvalue weighted by molar-refractivity contribution is 5.28. The van der Waals surface area contributed by atoms with Crippen LogP contribution in [0.2, 0.25) is 0 Å². The van der Waals surface area contributed by atoms with Crippen LogP contribution in [0.15, 0.2) is 66.7 Å². The largest absolute Gasteiger partial charge is 0.492 e. The first-order valence-electron chi connectivity index (χ1n) is 11.4. The van der Waals surface area contributed by atoms with Gasteiger partial charge in [-0.3, -0.25) is 4.90 Å². The smallest absolute Gasteiger partial charge is 0.233 e. The van der Waals surface area contributed by atoms with Crippen molar-refractivity contribution < 1.29 is 14.6 Å². The van der Waals surface area contributed by atoms with Crippen molar-refractivity contribution in [1.82, 2.24) is 15.1 Å². The zero-order chi connectivity index (χ0) is 22.0. The van der Waals surface area contributed by atoms with Crippen molar-refractivity contribution in [2.24, 2.45) is 0 Å². The van der Waals surface area contributed by atoms with Gasteiger partial charge >= 0.3 is 0 Å². The Bertz CT molecular complexity index is 933. The molecule has 2 aromatic carbocycles. The molecule has 4 rings (SSSR count). The molecule has 0 radical (unpaired) electrons. The van der Waals surface area contributed by atoms with E-state index in [1.165, 1.54) is 5.56 Å². The lowest BCUT2D eigenvalue weighted by Crippen LogP contribution is -2.35. The van der Waals surface area contributed by atoms with Crippen molar-refractivity contribution in [1.29, 1.82) is 0 Å². The molecular weight excluding hydrogens is 402 g/mol. The van der Waals surface area contributed by atoms with E-state index in [-0.39, 0.29) is 6.61 Å². The summed E-state index contributed by atoms with van der Waals surface area (Å²) in [5.41, 5.74) is 3.29. The number of likely N-dealkylation sites (tertiary alicyclic amines) is 1. The minimum Gasteiger partial charge on any atom is -0.492 e. The maximum Gasteiger partial charge on any atom is 0.233 e. The van der Waals surface area contributed by atoms with E-state index in [4.69, 9.17) is 9.47 Å². The zero-order valence-electron chi connectivity index (χ0n) is 18.4. The second-order valence-corrected chi connectivity index (χ2v) is 8.14. The summed E-state index contributed by atoms with van der Waals surface area (Å²) in [6, 6.07) is 22.4. The Kier molecular flexibility index (Phi) is 8.06. The standard InChI is InChI=1S/C26H31N3O3/c30-19-24-7-4-16-29(24)17-18-31-25-13-9-21(10-14-25)8-11-23-12-15-26(28-27-23)32-20-22-5-2-1-3-6-22/h1-3,5-6,9-10,12-15,24,30H,4,7-8,11,16-20H2/t24-/m0/s1. The monoisotopic (exact) mass is 433 g/mol. The van der Waals surface area contributed by atoms with Crippen LogP contribution >= 0.6 is 0 Å². The molecule has 1 saturated heterocycles. The summed E-state index contributed by atoms with van der Waals surface area (Å²) in [4.78, 5) is 2.31. The lowest BCUT2D eigenvalue weighted by molar-refractivity contribution is 0.139. The van der Waals surface area contributed by atoms with E-state index in [0.29, 0.717) is 25.1 Å². The molecule has 32 heavy (non-hydrogen) atoms. The Morgan fingerprint density at radius 3 is 2.47 bits per heavy atom. The maximum absolute atomic E-state index is 9.40. The number of hydrogen-bond acceptors (Lipinski definition) is 6. The SMILES string of the molecule is OC[C@@H]1CCCN1CCOc1ccc(CCc2ccc(OCc3ccccc3)nn2)cc1. The number of ether oxygens (including phenoxy) is 2. The van der Waals surface area contributed by atoms with Gasteiger partial charge in [-0.05, 0) is 61.6 Å². The Hall–Kier alpha value is -2.96. The molecule has 1 N–H and O–H groups in total. The van der Waals surface area contributed by atoms with Gasteiger partial charge in [0.05, 0.1) is 12.3 Å². The molecule has 1 atom stereocenters. The fraction of sp³-hybridized carbons (Fsp3) is 0.385. The summed E-state index contributed by atoms with van der Waals surface area (Å²) in [5, 5.41) is 17.9. The molecule has 3 aromatic rings. The van der Waals surface area contributed by atoms with Gasteiger partial charge in [0.1, 0.15) is 19.0 Å². The molecule has 0 aliphatic carbocycles. The van der Waals surface area contributed by atoms with Crippen molar-refractivity contribution in [3.05, 3.63) is 83.6 Å².